The van der Waals surface area contributed by atoms with Crippen LogP contribution >= 0.6 is 11.6 Å². The molecule has 1 heterocycles. The summed E-state index contributed by atoms with van der Waals surface area (Å²) in [6.45, 7) is 5.55. The standard InChI is InChI=1S/C16H21ClN2O3/c1-4-18(5-2)16(21)11-8-15(20)19(10-11)13-9-12(17)6-7-14(13)22-3/h6-7,9,11H,4-5,8,10H2,1-3H3. The van der Waals surface area contributed by atoms with E-state index >= 15 is 0 Å². The van der Waals surface area contributed by atoms with Gasteiger partial charge in [-0.15, -0.1) is 0 Å². The second kappa shape index (κ2) is 7.01. The number of carbonyl (C=O) groups excluding carboxylic acids is 2. The fourth-order valence-electron chi connectivity index (χ4n) is 2.77. The van der Waals surface area contributed by atoms with Crippen LogP contribution in [0.15, 0.2) is 18.2 Å². The zero-order chi connectivity index (χ0) is 16.3. The van der Waals surface area contributed by atoms with Crippen LogP contribution in [-0.4, -0.2) is 43.5 Å². The van der Waals surface area contributed by atoms with Gasteiger partial charge in [0.15, 0.2) is 0 Å². The molecule has 1 aliphatic rings. The number of hydrogen-bond donors (Lipinski definition) is 0. The van der Waals surface area contributed by atoms with Crippen LogP contribution < -0.4 is 9.64 Å². The van der Waals surface area contributed by atoms with Gasteiger partial charge in [-0.25, -0.2) is 0 Å². The Bertz CT molecular complexity index is 573. The zero-order valence-corrected chi connectivity index (χ0v) is 13.9. The number of benzene rings is 1. The molecule has 120 valence electrons. The highest BCUT2D eigenvalue weighted by Gasteiger charge is 2.37. The van der Waals surface area contributed by atoms with Gasteiger partial charge in [-0.1, -0.05) is 11.6 Å². The van der Waals surface area contributed by atoms with Gasteiger partial charge in [0.05, 0.1) is 18.7 Å². The number of rotatable bonds is 5. The van der Waals surface area contributed by atoms with Crippen molar-refractivity contribution in [2.24, 2.45) is 5.92 Å². The first-order valence-corrected chi connectivity index (χ1v) is 7.82. The van der Waals surface area contributed by atoms with E-state index < -0.39 is 0 Å². The lowest BCUT2D eigenvalue weighted by molar-refractivity contribution is -0.135. The van der Waals surface area contributed by atoms with E-state index in [4.69, 9.17) is 16.3 Å². The Labute approximate surface area is 135 Å². The van der Waals surface area contributed by atoms with E-state index in [-0.39, 0.29) is 24.2 Å². The molecule has 22 heavy (non-hydrogen) atoms. The molecule has 0 radical (unpaired) electrons. The Balaban J connectivity index is 2.23. The largest absolute Gasteiger partial charge is 0.495 e. The quantitative estimate of drug-likeness (QED) is 0.836. The summed E-state index contributed by atoms with van der Waals surface area (Å²) in [5.41, 5.74) is 0.620. The third kappa shape index (κ3) is 3.19. The monoisotopic (exact) mass is 324 g/mol. The third-order valence-electron chi connectivity index (χ3n) is 3.98. The van der Waals surface area contributed by atoms with Crippen molar-refractivity contribution in [2.45, 2.75) is 20.3 Å². The second-order valence-corrected chi connectivity index (χ2v) is 5.67. The predicted molar refractivity (Wildman–Crippen MR) is 86.4 cm³/mol. The summed E-state index contributed by atoms with van der Waals surface area (Å²) in [6, 6.07) is 5.13. The van der Waals surface area contributed by atoms with Crippen molar-refractivity contribution < 1.29 is 14.3 Å². The molecule has 1 saturated heterocycles. The molecule has 5 nitrogen and oxygen atoms in total. The fourth-order valence-corrected chi connectivity index (χ4v) is 2.94. The summed E-state index contributed by atoms with van der Waals surface area (Å²) in [4.78, 5) is 28.1. The number of carbonyl (C=O) groups is 2. The Morgan fingerprint density at radius 2 is 2.09 bits per heavy atom. The molecule has 0 bridgehead atoms. The van der Waals surface area contributed by atoms with Crippen molar-refractivity contribution >= 4 is 29.1 Å². The van der Waals surface area contributed by atoms with E-state index in [1.807, 2.05) is 13.8 Å². The van der Waals surface area contributed by atoms with Crippen LogP contribution in [0.1, 0.15) is 20.3 Å². The summed E-state index contributed by atoms with van der Waals surface area (Å²) in [6.07, 6.45) is 0.227. The van der Waals surface area contributed by atoms with E-state index in [0.717, 1.165) is 0 Å². The maximum absolute atomic E-state index is 12.4. The number of hydrogen-bond acceptors (Lipinski definition) is 3. The van der Waals surface area contributed by atoms with Crippen molar-refractivity contribution in [3.8, 4) is 5.75 Å². The Morgan fingerprint density at radius 1 is 1.41 bits per heavy atom. The van der Waals surface area contributed by atoms with Crippen LogP contribution in [0.5, 0.6) is 5.75 Å². The first-order valence-electron chi connectivity index (χ1n) is 7.44. The van der Waals surface area contributed by atoms with Crippen LogP contribution in [0.4, 0.5) is 5.69 Å². The van der Waals surface area contributed by atoms with Gasteiger partial charge < -0.3 is 14.5 Å². The molecule has 2 amide bonds. The molecule has 1 aliphatic heterocycles. The molecule has 6 heteroatoms. The normalized spacial score (nSPS) is 17.7. The van der Waals surface area contributed by atoms with Crippen molar-refractivity contribution in [3.05, 3.63) is 23.2 Å². The molecular weight excluding hydrogens is 304 g/mol. The van der Waals surface area contributed by atoms with Gasteiger partial charge in [0, 0.05) is 31.1 Å². The second-order valence-electron chi connectivity index (χ2n) is 5.23. The average molecular weight is 325 g/mol. The lowest BCUT2D eigenvalue weighted by Gasteiger charge is -2.23. The molecule has 1 aromatic rings. The van der Waals surface area contributed by atoms with Gasteiger partial charge in [0.25, 0.3) is 0 Å². The molecule has 1 unspecified atom stereocenters. The zero-order valence-electron chi connectivity index (χ0n) is 13.1. The van der Waals surface area contributed by atoms with Crippen molar-refractivity contribution in [2.75, 3.05) is 31.6 Å². The molecule has 1 atom stereocenters. The number of methoxy groups -OCH3 is 1. The first-order chi connectivity index (χ1) is 10.5. The SMILES string of the molecule is CCN(CC)C(=O)C1CC(=O)N(c2cc(Cl)ccc2OC)C1. The van der Waals surface area contributed by atoms with Gasteiger partial charge in [-0.2, -0.15) is 0 Å². The average Bonchev–Trinajstić information content (AvgIpc) is 2.90. The minimum absolute atomic E-state index is 0.0295. The Morgan fingerprint density at radius 3 is 2.68 bits per heavy atom. The summed E-state index contributed by atoms with van der Waals surface area (Å²) >= 11 is 6.03. The van der Waals surface area contributed by atoms with Gasteiger partial charge in [0.2, 0.25) is 11.8 Å². The van der Waals surface area contributed by atoms with E-state index in [9.17, 15) is 9.59 Å². The molecule has 0 aromatic heterocycles. The minimum atomic E-state index is -0.309. The van der Waals surface area contributed by atoms with Crippen LogP contribution in [0.25, 0.3) is 0 Å². The summed E-state index contributed by atoms with van der Waals surface area (Å²) < 4.78 is 5.30. The van der Waals surface area contributed by atoms with E-state index in [1.54, 1.807) is 35.1 Å². The summed E-state index contributed by atoms with van der Waals surface area (Å²) in [5.74, 6) is 0.220. The Hall–Kier alpha value is -1.75. The van der Waals surface area contributed by atoms with E-state index in [0.29, 0.717) is 36.1 Å². The highest BCUT2D eigenvalue weighted by atomic mass is 35.5. The summed E-state index contributed by atoms with van der Waals surface area (Å²) in [7, 11) is 1.55. The molecule has 1 aromatic carbocycles. The lowest BCUT2D eigenvalue weighted by Crippen LogP contribution is -2.37. The van der Waals surface area contributed by atoms with E-state index in [1.165, 1.54) is 0 Å². The highest BCUT2D eigenvalue weighted by Crippen LogP contribution is 2.35. The Kier molecular flexibility index (Phi) is 5.29. The molecular formula is C16H21ClN2O3. The molecule has 0 saturated carbocycles. The predicted octanol–water partition coefficient (Wildman–Crippen LogP) is 2.57. The topological polar surface area (TPSA) is 49.9 Å². The van der Waals surface area contributed by atoms with Crippen LogP contribution in [0, 0.1) is 5.92 Å². The van der Waals surface area contributed by atoms with Crippen LogP contribution in [0.2, 0.25) is 5.02 Å². The number of nitrogens with zero attached hydrogens (tertiary/aromatic N) is 2. The minimum Gasteiger partial charge on any atom is -0.495 e. The van der Waals surface area contributed by atoms with Crippen molar-refractivity contribution in [1.82, 2.24) is 4.90 Å². The number of amides is 2. The van der Waals surface area contributed by atoms with Crippen LogP contribution in [0.3, 0.4) is 0 Å². The van der Waals surface area contributed by atoms with Gasteiger partial charge in [0.1, 0.15) is 5.75 Å². The highest BCUT2D eigenvalue weighted by molar-refractivity contribution is 6.31. The maximum Gasteiger partial charge on any atom is 0.227 e. The van der Waals surface area contributed by atoms with Gasteiger partial charge in [-0.05, 0) is 32.0 Å². The van der Waals surface area contributed by atoms with Gasteiger partial charge in [-0.3, -0.25) is 9.59 Å². The fraction of sp³-hybridized carbons (Fsp3) is 0.500. The third-order valence-corrected chi connectivity index (χ3v) is 4.22. The molecule has 0 N–H and O–H groups in total. The first kappa shape index (κ1) is 16.6. The van der Waals surface area contributed by atoms with E-state index in [2.05, 4.69) is 0 Å². The number of ether oxygens (including phenoxy) is 1. The maximum atomic E-state index is 12.4. The van der Waals surface area contributed by atoms with Crippen LogP contribution in [-0.2, 0) is 9.59 Å². The van der Waals surface area contributed by atoms with Crippen molar-refractivity contribution in [1.29, 1.82) is 0 Å². The smallest absolute Gasteiger partial charge is 0.227 e. The number of anilines is 1. The van der Waals surface area contributed by atoms with Gasteiger partial charge >= 0.3 is 0 Å². The lowest BCUT2D eigenvalue weighted by atomic mass is 10.1. The van der Waals surface area contributed by atoms with Crippen molar-refractivity contribution in [3.63, 3.8) is 0 Å². The molecule has 2 rings (SSSR count). The summed E-state index contributed by atoms with van der Waals surface area (Å²) in [5, 5.41) is 0.530. The molecule has 0 aliphatic carbocycles. The molecule has 1 fully saturated rings. The number of halogens is 1. The molecule has 0 spiro atoms.